The highest BCUT2D eigenvalue weighted by Gasteiger charge is 2.15. The number of carbonyl (C=O) groups is 1. The molecule has 0 saturated heterocycles. The second kappa shape index (κ2) is 7.14. The van der Waals surface area contributed by atoms with Crippen LogP contribution in [0.2, 0.25) is 0 Å². The van der Waals surface area contributed by atoms with Gasteiger partial charge in [0.05, 0.1) is 11.3 Å². The van der Waals surface area contributed by atoms with E-state index in [1.165, 1.54) is 0 Å². The summed E-state index contributed by atoms with van der Waals surface area (Å²) >= 11 is 0. The molecule has 0 radical (unpaired) electrons. The Hall–Kier alpha value is -1.55. The minimum absolute atomic E-state index is 0.395. The fourth-order valence-corrected chi connectivity index (χ4v) is 2.12. The molecule has 0 spiro atoms. The van der Waals surface area contributed by atoms with E-state index in [0.29, 0.717) is 5.56 Å². The van der Waals surface area contributed by atoms with Gasteiger partial charge in [-0.25, -0.2) is 4.79 Å². The SMILES string of the molecule is CCN(CCCN(C)C)c1ccc(C)cc1C(=O)O. The number of hydrogen-bond donors (Lipinski definition) is 1. The molecular formula is C15H24N2O2. The van der Waals surface area contributed by atoms with Crippen LogP contribution in [0.1, 0.15) is 29.3 Å². The maximum atomic E-state index is 11.3. The molecule has 106 valence electrons. The van der Waals surface area contributed by atoms with Gasteiger partial charge in [-0.2, -0.15) is 0 Å². The zero-order valence-electron chi connectivity index (χ0n) is 12.3. The minimum atomic E-state index is -0.857. The zero-order valence-corrected chi connectivity index (χ0v) is 12.3. The molecule has 0 aromatic heterocycles. The van der Waals surface area contributed by atoms with E-state index in [1.54, 1.807) is 6.07 Å². The Morgan fingerprint density at radius 1 is 1.26 bits per heavy atom. The summed E-state index contributed by atoms with van der Waals surface area (Å²) in [6.45, 7) is 6.67. The average Bonchev–Trinajstić information content (AvgIpc) is 2.34. The molecule has 0 amide bonds. The molecule has 0 aliphatic heterocycles. The van der Waals surface area contributed by atoms with Crippen molar-refractivity contribution in [2.75, 3.05) is 38.6 Å². The molecule has 19 heavy (non-hydrogen) atoms. The van der Waals surface area contributed by atoms with Crippen molar-refractivity contribution in [3.63, 3.8) is 0 Å². The van der Waals surface area contributed by atoms with Gasteiger partial charge < -0.3 is 14.9 Å². The van der Waals surface area contributed by atoms with Gasteiger partial charge in [0.1, 0.15) is 0 Å². The van der Waals surface area contributed by atoms with E-state index in [4.69, 9.17) is 0 Å². The van der Waals surface area contributed by atoms with Crippen LogP contribution < -0.4 is 4.90 Å². The third-order valence-electron chi connectivity index (χ3n) is 3.14. The van der Waals surface area contributed by atoms with Gasteiger partial charge in [0, 0.05) is 13.1 Å². The number of aryl methyl sites for hydroxylation is 1. The molecule has 1 rings (SSSR count). The maximum absolute atomic E-state index is 11.3. The zero-order chi connectivity index (χ0) is 14.4. The lowest BCUT2D eigenvalue weighted by Gasteiger charge is -2.25. The Morgan fingerprint density at radius 2 is 1.95 bits per heavy atom. The first-order valence-corrected chi connectivity index (χ1v) is 6.69. The van der Waals surface area contributed by atoms with Crippen LogP contribution in [-0.2, 0) is 0 Å². The van der Waals surface area contributed by atoms with Gasteiger partial charge in [0.15, 0.2) is 0 Å². The molecule has 4 heteroatoms. The van der Waals surface area contributed by atoms with Crippen molar-refractivity contribution < 1.29 is 9.90 Å². The van der Waals surface area contributed by atoms with Crippen molar-refractivity contribution in [3.8, 4) is 0 Å². The van der Waals surface area contributed by atoms with Gasteiger partial charge >= 0.3 is 5.97 Å². The standard InChI is InChI=1S/C15H24N2O2/c1-5-17(10-6-9-16(3)4)14-8-7-12(2)11-13(14)15(18)19/h7-8,11H,5-6,9-10H2,1-4H3,(H,18,19). The van der Waals surface area contributed by atoms with Gasteiger partial charge in [-0.15, -0.1) is 0 Å². The van der Waals surface area contributed by atoms with Crippen molar-refractivity contribution in [2.45, 2.75) is 20.3 Å². The number of carboxylic acids is 1. The molecule has 0 heterocycles. The second-order valence-electron chi connectivity index (χ2n) is 5.06. The van der Waals surface area contributed by atoms with Crippen molar-refractivity contribution in [2.24, 2.45) is 0 Å². The van der Waals surface area contributed by atoms with E-state index in [0.717, 1.165) is 37.3 Å². The molecule has 4 nitrogen and oxygen atoms in total. The summed E-state index contributed by atoms with van der Waals surface area (Å²) < 4.78 is 0. The van der Waals surface area contributed by atoms with Crippen LogP contribution >= 0.6 is 0 Å². The van der Waals surface area contributed by atoms with E-state index in [1.807, 2.05) is 33.2 Å². The van der Waals surface area contributed by atoms with Crippen molar-refractivity contribution in [1.29, 1.82) is 0 Å². The predicted molar refractivity (Wildman–Crippen MR) is 79.2 cm³/mol. The highest BCUT2D eigenvalue weighted by atomic mass is 16.4. The first-order chi connectivity index (χ1) is 8.95. The number of hydrogen-bond acceptors (Lipinski definition) is 3. The lowest BCUT2D eigenvalue weighted by atomic mass is 10.1. The molecule has 0 aliphatic rings. The van der Waals surface area contributed by atoms with Gasteiger partial charge in [-0.3, -0.25) is 0 Å². The molecule has 0 bridgehead atoms. The van der Waals surface area contributed by atoms with Crippen LogP contribution in [0.25, 0.3) is 0 Å². The van der Waals surface area contributed by atoms with Gasteiger partial charge in [-0.1, -0.05) is 11.6 Å². The quantitative estimate of drug-likeness (QED) is 0.821. The smallest absolute Gasteiger partial charge is 0.337 e. The van der Waals surface area contributed by atoms with Gasteiger partial charge in [0.25, 0.3) is 0 Å². The summed E-state index contributed by atoms with van der Waals surface area (Å²) in [7, 11) is 4.09. The Labute approximate surface area is 115 Å². The predicted octanol–water partition coefficient (Wildman–Crippen LogP) is 2.47. The monoisotopic (exact) mass is 264 g/mol. The van der Waals surface area contributed by atoms with Crippen LogP contribution in [0, 0.1) is 6.92 Å². The maximum Gasteiger partial charge on any atom is 0.337 e. The number of aromatic carboxylic acids is 1. The van der Waals surface area contributed by atoms with Crippen LogP contribution in [-0.4, -0.2) is 49.7 Å². The summed E-state index contributed by atoms with van der Waals surface area (Å²) in [5.41, 5.74) is 2.19. The topological polar surface area (TPSA) is 43.8 Å². The number of rotatable bonds is 7. The molecule has 1 aromatic rings. The van der Waals surface area contributed by atoms with Crippen molar-refractivity contribution in [3.05, 3.63) is 29.3 Å². The molecule has 0 aliphatic carbocycles. The molecule has 0 fully saturated rings. The summed E-state index contributed by atoms with van der Waals surface area (Å²) in [6, 6.07) is 5.63. The molecule has 1 N–H and O–H groups in total. The number of benzene rings is 1. The Kier molecular flexibility index (Phi) is 5.83. The van der Waals surface area contributed by atoms with Crippen molar-refractivity contribution >= 4 is 11.7 Å². The third-order valence-corrected chi connectivity index (χ3v) is 3.14. The molecule has 0 saturated carbocycles. The summed E-state index contributed by atoms with van der Waals surface area (Å²) in [5.74, 6) is -0.857. The highest BCUT2D eigenvalue weighted by molar-refractivity contribution is 5.94. The lowest BCUT2D eigenvalue weighted by molar-refractivity contribution is 0.0697. The number of anilines is 1. The molecule has 1 aromatic carbocycles. The first-order valence-electron chi connectivity index (χ1n) is 6.69. The number of nitrogens with zero attached hydrogens (tertiary/aromatic N) is 2. The lowest BCUT2D eigenvalue weighted by Crippen LogP contribution is -2.28. The van der Waals surface area contributed by atoms with Crippen LogP contribution in [0.3, 0.4) is 0 Å². The fraction of sp³-hybridized carbons (Fsp3) is 0.533. The van der Waals surface area contributed by atoms with E-state index in [-0.39, 0.29) is 0 Å². The largest absolute Gasteiger partial charge is 0.478 e. The third kappa shape index (κ3) is 4.56. The van der Waals surface area contributed by atoms with Gasteiger partial charge in [0.2, 0.25) is 0 Å². The second-order valence-corrected chi connectivity index (χ2v) is 5.06. The summed E-state index contributed by atoms with van der Waals surface area (Å²) in [4.78, 5) is 15.6. The average molecular weight is 264 g/mol. The van der Waals surface area contributed by atoms with Crippen LogP contribution in [0.5, 0.6) is 0 Å². The Balaban J connectivity index is 2.88. The van der Waals surface area contributed by atoms with E-state index in [2.05, 4.69) is 16.7 Å². The summed E-state index contributed by atoms with van der Waals surface area (Å²) in [5, 5.41) is 9.31. The van der Waals surface area contributed by atoms with E-state index in [9.17, 15) is 9.90 Å². The molecule has 0 unspecified atom stereocenters. The van der Waals surface area contributed by atoms with Gasteiger partial charge in [-0.05, 0) is 53.0 Å². The Bertz CT molecular complexity index is 430. The fourth-order valence-electron chi connectivity index (χ4n) is 2.12. The van der Waals surface area contributed by atoms with Crippen molar-refractivity contribution in [1.82, 2.24) is 4.90 Å². The van der Waals surface area contributed by atoms with E-state index >= 15 is 0 Å². The van der Waals surface area contributed by atoms with Crippen LogP contribution in [0.15, 0.2) is 18.2 Å². The molecular weight excluding hydrogens is 240 g/mol. The normalized spacial score (nSPS) is 10.8. The minimum Gasteiger partial charge on any atom is -0.478 e. The summed E-state index contributed by atoms with van der Waals surface area (Å²) in [6.07, 6.45) is 1.02. The van der Waals surface area contributed by atoms with Crippen LogP contribution in [0.4, 0.5) is 5.69 Å². The molecule has 0 atom stereocenters. The first kappa shape index (κ1) is 15.5. The van der Waals surface area contributed by atoms with E-state index < -0.39 is 5.97 Å². The Morgan fingerprint density at radius 3 is 2.47 bits per heavy atom. The number of carboxylic acid groups (broad SMARTS) is 1. The highest BCUT2D eigenvalue weighted by Crippen LogP contribution is 2.22.